The molecule has 3 aromatic carbocycles. The Labute approximate surface area is 192 Å². The summed E-state index contributed by atoms with van der Waals surface area (Å²) in [7, 11) is 1.67. The van der Waals surface area contributed by atoms with Crippen molar-refractivity contribution >= 4 is 22.6 Å². The molecule has 0 fully saturated rings. The molecule has 0 spiro atoms. The van der Waals surface area contributed by atoms with Gasteiger partial charge in [0, 0.05) is 30.9 Å². The number of aromatic nitrogens is 2. The van der Waals surface area contributed by atoms with Crippen LogP contribution < -0.4 is 14.8 Å². The van der Waals surface area contributed by atoms with Crippen molar-refractivity contribution in [2.24, 2.45) is 0 Å². The monoisotopic (exact) mass is 442 g/mol. The Morgan fingerprint density at radius 2 is 1.85 bits per heavy atom. The average Bonchev–Trinajstić information content (AvgIpc) is 3.21. The van der Waals surface area contributed by atoms with Gasteiger partial charge in [-0.25, -0.2) is 4.98 Å². The number of rotatable bonds is 7. The van der Waals surface area contributed by atoms with Gasteiger partial charge in [-0.05, 0) is 42.5 Å². The van der Waals surface area contributed by atoms with Gasteiger partial charge in [-0.1, -0.05) is 30.3 Å². The normalized spacial score (nSPS) is 13.5. The fourth-order valence-corrected chi connectivity index (χ4v) is 4.23. The van der Waals surface area contributed by atoms with E-state index in [4.69, 9.17) is 14.5 Å². The van der Waals surface area contributed by atoms with E-state index in [9.17, 15) is 4.79 Å². The van der Waals surface area contributed by atoms with E-state index in [0.717, 1.165) is 48.0 Å². The first-order valence-electron chi connectivity index (χ1n) is 11.0. The van der Waals surface area contributed by atoms with Crippen molar-refractivity contribution < 1.29 is 14.3 Å². The molecule has 1 amide bonds. The Kier molecular flexibility index (Phi) is 5.95. The number of anilines is 1. The smallest absolute Gasteiger partial charge is 0.262 e. The minimum absolute atomic E-state index is 0.0479. The zero-order valence-electron chi connectivity index (χ0n) is 18.5. The van der Waals surface area contributed by atoms with Gasteiger partial charge in [0.25, 0.3) is 5.91 Å². The van der Waals surface area contributed by atoms with Gasteiger partial charge in [0.2, 0.25) is 0 Å². The number of imidazole rings is 1. The minimum Gasteiger partial charge on any atom is -0.496 e. The van der Waals surface area contributed by atoms with Crippen molar-refractivity contribution in [1.82, 2.24) is 14.5 Å². The zero-order valence-corrected chi connectivity index (χ0v) is 18.5. The molecule has 1 aromatic heterocycles. The minimum atomic E-state index is -0.207. The molecule has 0 bridgehead atoms. The van der Waals surface area contributed by atoms with Crippen molar-refractivity contribution in [1.29, 1.82) is 0 Å². The summed E-state index contributed by atoms with van der Waals surface area (Å²) in [5.41, 5.74) is 3.96. The number of nitrogens with zero attached hydrogens (tertiary/aromatic N) is 3. The lowest BCUT2D eigenvalue weighted by Gasteiger charge is -2.28. The van der Waals surface area contributed by atoms with Crippen LogP contribution in [0.25, 0.3) is 11.0 Å². The second kappa shape index (κ2) is 9.34. The van der Waals surface area contributed by atoms with Gasteiger partial charge in [-0.3, -0.25) is 9.69 Å². The van der Waals surface area contributed by atoms with Gasteiger partial charge in [0.1, 0.15) is 17.3 Å². The third-order valence-electron chi connectivity index (χ3n) is 5.81. The third kappa shape index (κ3) is 4.68. The predicted octanol–water partition coefficient (Wildman–Crippen LogP) is 4.08. The fraction of sp³-hybridized carbons (Fsp3) is 0.231. The standard InChI is InChI=1S/C26H26N4O3/c1-32-24-12-11-20(27-26(31)18-33-21-7-3-2-4-8-21)15-19(24)16-29-13-14-30-23-10-6-5-9-22(23)28-25(30)17-29/h2-12,15H,13-14,16-18H2,1H3,(H,27,31). The topological polar surface area (TPSA) is 68.6 Å². The van der Waals surface area contributed by atoms with Gasteiger partial charge in [-0.2, -0.15) is 0 Å². The summed E-state index contributed by atoms with van der Waals surface area (Å²) in [5, 5.41) is 2.92. The van der Waals surface area contributed by atoms with Crippen molar-refractivity contribution in [3.05, 3.63) is 84.2 Å². The Balaban J connectivity index is 1.26. The second-order valence-corrected chi connectivity index (χ2v) is 8.06. The first-order chi connectivity index (χ1) is 16.2. The van der Waals surface area contributed by atoms with Crippen LogP contribution in [-0.2, 0) is 24.4 Å². The van der Waals surface area contributed by atoms with E-state index in [1.807, 2.05) is 54.6 Å². The van der Waals surface area contributed by atoms with E-state index in [2.05, 4.69) is 33.0 Å². The molecule has 7 nitrogen and oxygen atoms in total. The van der Waals surface area contributed by atoms with Crippen LogP contribution in [0.2, 0.25) is 0 Å². The van der Waals surface area contributed by atoms with Crippen molar-refractivity contribution in [2.75, 3.05) is 25.6 Å². The number of hydrogen-bond acceptors (Lipinski definition) is 5. The maximum atomic E-state index is 12.4. The number of ether oxygens (including phenoxy) is 2. The van der Waals surface area contributed by atoms with Crippen LogP contribution in [-0.4, -0.2) is 40.6 Å². The summed E-state index contributed by atoms with van der Waals surface area (Å²) < 4.78 is 13.4. The molecular formula is C26H26N4O3. The molecule has 33 heavy (non-hydrogen) atoms. The lowest BCUT2D eigenvalue weighted by Crippen LogP contribution is -2.33. The van der Waals surface area contributed by atoms with E-state index in [0.29, 0.717) is 12.3 Å². The predicted molar refractivity (Wildman–Crippen MR) is 127 cm³/mol. The molecule has 0 atom stereocenters. The van der Waals surface area contributed by atoms with Crippen LogP contribution in [0.5, 0.6) is 11.5 Å². The number of fused-ring (bicyclic) bond motifs is 3. The molecule has 0 aliphatic carbocycles. The summed E-state index contributed by atoms with van der Waals surface area (Å²) >= 11 is 0. The molecule has 1 aliphatic heterocycles. The van der Waals surface area contributed by atoms with E-state index >= 15 is 0 Å². The molecule has 0 unspecified atom stereocenters. The lowest BCUT2D eigenvalue weighted by molar-refractivity contribution is -0.118. The Morgan fingerprint density at radius 1 is 1.03 bits per heavy atom. The number of carbonyl (C=O) groups is 1. The highest BCUT2D eigenvalue weighted by atomic mass is 16.5. The SMILES string of the molecule is COc1ccc(NC(=O)COc2ccccc2)cc1CN1CCn2c(nc3ccccc32)C1. The van der Waals surface area contributed by atoms with Gasteiger partial charge in [-0.15, -0.1) is 0 Å². The molecule has 0 saturated heterocycles. The average molecular weight is 443 g/mol. The number of carbonyl (C=O) groups excluding carboxylic acids is 1. The molecule has 1 N–H and O–H groups in total. The van der Waals surface area contributed by atoms with Crippen LogP contribution in [0.15, 0.2) is 72.8 Å². The zero-order chi connectivity index (χ0) is 22.6. The van der Waals surface area contributed by atoms with Gasteiger partial charge in [0.05, 0.1) is 24.7 Å². The van der Waals surface area contributed by atoms with E-state index in [1.54, 1.807) is 7.11 Å². The molecule has 7 heteroatoms. The number of benzene rings is 3. The Bertz CT molecular complexity index is 1270. The maximum Gasteiger partial charge on any atom is 0.262 e. The number of amides is 1. The highest BCUT2D eigenvalue weighted by Crippen LogP contribution is 2.27. The number of para-hydroxylation sites is 3. The molecule has 0 radical (unpaired) electrons. The molecule has 168 valence electrons. The largest absolute Gasteiger partial charge is 0.496 e. The van der Waals surface area contributed by atoms with Crippen LogP contribution >= 0.6 is 0 Å². The fourth-order valence-electron chi connectivity index (χ4n) is 4.23. The number of nitrogens with one attached hydrogen (secondary N) is 1. The van der Waals surface area contributed by atoms with Crippen LogP contribution in [0.1, 0.15) is 11.4 Å². The van der Waals surface area contributed by atoms with Crippen molar-refractivity contribution in [3.63, 3.8) is 0 Å². The highest BCUT2D eigenvalue weighted by Gasteiger charge is 2.21. The molecular weight excluding hydrogens is 416 g/mol. The van der Waals surface area contributed by atoms with Crippen LogP contribution in [0, 0.1) is 0 Å². The summed E-state index contributed by atoms with van der Waals surface area (Å²) in [6, 6.07) is 23.3. The molecule has 2 heterocycles. The van der Waals surface area contributed by atoms with E-state index < -0.39 is 0 Å². The molecule has 5 rings (SSSR count). The van der Waals surface area contributed by atoms with E-state index in [1.165, 1.54) is 5.52 Å². The molecule has 4 aromatic rings. The van der Waals surface area contributed by atoms with Crippen molar-refractivity contribution in [3.8, 4) is 11.5 Å². The Hall–Kier alpha value is -3.84. The molecule has 0 saturated carbocycles. The summed E-state index contributed by atoms with van der Waals surface area (Å²) in [4.78, 5) is 19.5. The highest BCUT2D eigenvalue weighted by molar-refractivity contribution is 5.92. The van der Waals surface area contributed by atoms with Crippen molar-refractivity contribution in [2.45, 2.75) is 19.6 Å². The van der Waals surface area contributed by atoms with Gasteiger partial charge >= 0.3 is 0 Å². The summed E-state index contributed by atoms with van der Waals surface area (Å²) in [6.07, 6.45) is 0. The first kappa shape index (κ1) is 21.0. The van der Waals surface area contributed by atoms with Crippen LogP contribution in [0.3, 0.4) is 0 Å². The van der Waals surface area contributed by atoms with Crippen LogP contribution in [0.4, 0.5) is 5.69 Å². The number of hydrogen-bond donors (Lipinski definition) is 1. The van der Waals surface area contributed by atoms with E-state index in [-0.39, 0.29) is 12.5 Å². The maximum absolute atomic E-state index is 12.4. The number of methoxy groups -OCH3 is 1. The molecule has 1 aliphatic rings. The second-order valence-electron chi connectivity index (χ2n) is 8.06. The third-order valence-corrected chi connectivity index (χ3v) is 5.81. The summed E-state index contributed by atoms with van der Waals surface area (Å²) in [5.74, 6) is 2.33. The lowest BCUT2D eigenvalue weighted by atomic mass is 10.1. The summed E-state index contributed by atoms with van der Waals surface area (Å²) in [6.45, 7) is 3.23. The Morgan fingerprint density at radius 3 is 2.70 bits per heavy atom. The first-order valence-corrected chi connectivity index (χ1v) is 11.0. The van der Waals surface area contributed by atoms with Gasteiger partial charge in [0.15, 0.2) is 6.61 Å². The van der Waals surface area contributed by atoms with Gasteiger partial charge < -0.3 is 19.4 Å². The quantitative estimate of drug-likeness (QED) is 0.467.